The highest BCUT2D eigenvalue weighted by molar-refractivity contribution is 7.99. The molecular formula is C19H24O2S. The van der Waals surface area contributed by atoms with Gasteiger partial charge in [-0.15, -0.1) is 11.8 Å². The van der Waals surface area contributed by atoms with Crippen LogP contribution in [-0.4, -0.2) is 11.7 Å². The second kappa shape index (κ2) is 8.84. The van der Waals surface area contributed by atoms with Crippen LogP contribution in [0.15, 0.2) is 41.3 Å². The molecule has 2 aromatic carbocycles. The molecule has 0 radical (unpaired) electrons. The third-order valence-corrected chi connectivity index (χ3v) is 4.79. The Hall–Kier alpha value is -1.48. The van der Waals surface area contributed by atoms with E-state index in [0.717, 1.165) is 10.6 Å². The van der Waals surface area contributed by atoms with Crippen LogP contribution in [0.1, 0.15) is 46.0 Å². The van der Waals surface area contributed by atoms with Crippen LogP contribution in [0.5, 0.6) is 5.75 Å². The molecular weight excluding hydrogens is 292 g/mol. The molecule has 2 rings (SSSR count). The molecule has 0 atom stereocenters. The van der Waals surface area contributed by atoms with E-state index in [4.69, 9.17) is 4.74 Å². The van der Waals surface area contributed by atoms with Crippen LogP contribution < -0.4 is 4.74 Å². The fraction of sp³-hybridized carbons (Fsp3) is 0.421. The van der Waals surface area contributed by atoms with Gasteiger partial charge in [-0.25, -0.2) is 0 Å². The summed E-state index contributed by atoms with van der Waals surface area (Å²) in [6.45, 7) is 3.69. The van der Waals surface area contributed by atoms with Gasteiger partial charge in [0.05, 0.1) is 4.90 Å². The summed E-state index contributed by atoms with van der Waals surface area (Å²) in [5.74, 6) is 1.48. The lowest BCUT2D eigenvalue weighted by Crippen LogP contribution is -2.02. The van der Waals surface area contributed by atoms with Crippen molar-refractivity contribution < 1.29 is 9.53 Å². The maximum absolute atomic E-state index is 11.3. The van der Waals surface area contributed by atoms with Crippen molar-refractivity contribution in [2.45, 2.75) is 50.8 Å². The first-order valence-corrected chi connectivity index (χ1v) is 9.04. The van der Waals surface area contributed by atoms with Crippen molar-refractivity contribution in [3.05, 3.63) is 36.4 Å². The van der Waals surface area contributed by atoms with E-state index in [-0.39, 0.29) is 5.97 Å². The average Bonchev–Trinajstić information content (AvgIpc) is 2.51. The fourth-order valence-corrected chi connectivity index (χ4v) is 3.63. The number of esters is 1. The Bertz CT molecular complexity index is 622. The largest absolute Gasteiger partial charge is 0.426 e. The van der Waals surface area contributed by atoms with E-state index < -0.39 is 0 Å². The Balaban J connectivity index is 2.11. The summed E-state index contributed by atoms with van der Waals surface area (Å²) in [5, 5.41) is 2.35. The van der Waals surface area contributed by atoms with Gasteiger partial charge in [0.1, 0.15) is 5.75 Å². The third kappa shape index (κ3) is 4.77. The standard InChI is InChI=1S/C19H24O2S/c1-3-4-5-6-9-14-22-19-17-11-8-7-10-16(17)12-13-18(19)21-15(2)20/h7-8,10-13H,3-6,9,14H2,1-2H3. The van der Waals surface area contributed by atoms with Crippen LogP contribution in [0, 0.1) is 0 Å². The summed E-state index contributed by atoms with van der Waals surface area (Å²) in [7, 11) is 0. The van der Waals surface area contributed by atoms with Gasteiger partial charge in [-0.2, -0.15) is 0 Å². The highest BCUT2D eigenvalue weighted by atomic mass is 32.2. The molecule has 0 bridgehead atoms. The van der Waals surface area contributed by atoms with Gasteiger partial charge >= 0.3 is 5.97 Å². The molecule has 0 aliphatic heterocycles. The minimum atomic E-state index is -0.264. The Morgan fingerprint density at radius 2 is 1.82 bits per heavy atom. The first-order valence-electron chi connectivity index (χ1n) is 8.05. The number of hydrogen-bond donors (Lipinski definition) is 0. The third-order valence-electron chi connectivity index (χ3n) is 3.59. The van der Waals surface area contributed by atoms with Crippen molar-refractivity contribution in [2.24, 2.45) is 0 Å². The molecule has 0 saturated heterocycles. The van der Waals surface area contributed by atoms with E-state index in [2.05, 4.69) is 19.1 Å². The molecule has 0 saturated carbocycles. The molecule has 2 aromatic rings. The minimum absolute atomic E-state index is 0.264. The summed E-state index contributed by atoms with van der Waals surface area (Å²) < 4.78 is 5.39. The molecule has 3 heteroatoms. The predicted molar refractivity (Wildman–Crippen MR) is 94.7 cm³/mol. The van der Waals surface area contributed by atoms with Crippen molar-refractivity contribution in [1.29, 1.82) is 0 Å². The van der Waals surface area contributed by atoms with Gasteiger partial charge < -0.3 is 4.74 Å². The number of rotatable bonds is 8. The maximum Gasteiger partial charge on any atom is 0.308 e. The molecule has 0 spiro atoms. The number of fused-ring (bicyclic) bond motifs is 1. The van der Waals surface area contributed by atoms with E-state index >= 15 is 0 Å². The highest BCUT2D eigenvalue weighted by Gasteiger charge is 2.11. The van der Waals surface area contributed by atoms with Crippen LogP contribution in [-0.2, 0) is 4.79 Å². The predicted octanol–water partition coefficient (Wildman–Crippen LogP) is 5.83. The zero-order valence-corrected chi connectivity index (χ0v) is 14.2. The van der Waals surface area contributed by atoms with Gasteiger partial charge in [-0.1, -0.05) is 62.9 Å². The lowest BCUT2D eigenvalue weighted by Gasteiger charge is -2.12. The molecule has 22 heavy (non-hydrogen) atoms. The molecule has 0 heterocycles. The van der Waals surface area contributed by atoms with E-state index in [1.165, 1.54) is 49.8 Å². The molecule has 0 aliphatic rings. The van der Waals surface area contributed by atoms with Crippen molar-refractivity contribution in [1.82, 2.24) is 0 Å². The fourth-order valence-electron chi connectivity index (χ4n) is 2.49. The van der Waals surface area contributed by atoms with Crippen molar-refractivity contribution in [3.63, 3.8) is 0 Å². The van der Waals surface area contributed by atoms with E-state index in [9.17, 15) is 4.79 Å². The van der Waals surface area contributed by atoms with Crippen molar-refractivity contribution in [3.8, 4) is 5.75 Å². The second-order valence-corrected chi connectivity index (χ2v) is 6.58. The first-order chi connectivity index (χ1) is 10.7. The molecule has 0 aromatic heterocycles. The number of unbranched alkanes of at least 4 members (excludes halogenated alkanes) is 4. The Morgan fingerprint density at radius 3 is 2.59 bits per heavy atom. The minimum Gasteiger partial charge on any atom is -0.426 e. The molecule has 0 fully saturated rings. The quantitative estimate of drug-likeness (QED) is 0.265. The molecule has 0 unspecified atom stereocenters. The van der Waals surface area contributed by atoms with Gasteiger partial charge in [0, 0.05) is 6.92 Å². The molecule has 2 nitrogen and oxygen atoms in total. The first kappa shape index (κ1) is 16.9. The van der Waals surface area contributed by atoms with Crippen LogP contribution in [0.25, 0.3) is 10.8 Å². The number of carbonyl (C=O) groups is 1. The lowest BCUT2D eigenvalue weighted by atomic mass is 10.1. The smallest absolute Gasteiger partial charge is 0.308 e. The summed E-state index contributed by atoms with van der Waals surface area (Å²) in [5.41, 5.74) is 0. The van der Waals surface area contributed by atoms with E-state index in [1.54, 1.807) is 11.8 Å². The zero-order valence-electron chi connectivity index (χ0n) is 13.4. The van der Waals surface area contributed by atoms with Crippen molar-refractivity contribution in [2.75, 3.05) is 5.75 Å². The maximum atomic E-state index is 11.3. The van der Waals surface area contributed by atoms with Gasteiger partial charge in [-0.05, 0) is 29.0 Å². The Morgan fingerprint density at radius 1 is 1.05 bits per heavy atom. The summed E-state index contributed by atoms with van der Waals surface area (Å²) in [6, 6.07) is 12.2. The second-order valence-electron chi connectivity index (χ2n) is 5.47. The van der Waals surface area contributed by atoms with Gasteiger partial charge in [-0.3, -0.25) is 4.79 Å². The summed E-state index contributed by atoms with van der Waals surface area (Å²) >= 11 is 1.80. The SMILES string of the molecule is CCCCCCCSc1c(OC(C)=O)ccc2ccccc12. The summed E-state index contributed by atoms with van der Waals surface area (Å²) in [6.07, 6.45) is 6.37. The number of thioether (sulfide) groups is 1. The van der Waals surface area contributed by atoms with Gasteiger partial charge in [0.2, 0.25) is 0 Å². The lowest BCUT2D eigenvalue weighted by molar-refractivity contribution is -0.132. The van der Waals surface area contributed by atoms with E-state index in [0.29, 0.717) is 5.75 Å². The van der Waals surface area contributed by atoms with Gasteiger partial charge in [0.15, 0.2) is 0 Å². The number of hydrogen-bond acceptors (Lipinski definition) is 3. The number of benzene rings is 2. The molecule has 0 N–H and O–H groups in total. The topological polar surface area (TPSA) is 26.3 Å². The van der Waals surface area contributed by atoms with Crippen LogP contribution in [0.2, 0.25) is 0 Å². The average molecular weight is 316 g/mol. The summed E-state index contributed by atoms with van der Waals surface area (Å²) in [4.78, 5) is 12.4. The number of ether oxygens (including phenoxy) is 1. The zero-order chi connectivity index (χ0) is 15.8. The van der Waals surface area contributed by atoms with Crippen LogP contribution in [0.3, 0.4) is 0 Å². The van der Waals surface area contributed by atoms with E-state index in [1.807, 2.05) is 24.3 Å². The van der Waals surface area contributed by atoms with Crippen molar-refractivity contribution >= 4 is 28.5 Å². The molecule has 118 valence electrons. The highest BCUT2D eigenvalue weighted by Crippen LogP contribution is 2.37. The van der Waals surface area contributed by atoms with Crippen LogP contribution >= 0.6 is 11.8 Å². The van der Waals surface area contributed by atoms with Gasteiger partial charge in [0.25, 0.3) is 0 Å². The number of carbonyl (C=O) groups excluding carboxylic acids is 1. The normalized spacial score (nSPS) is 10.8. The Kier molecular flexibility index (Phi) is 6.78. The van der Waals surface area contributed by atoms with Crippen LogP contribution in [0.4, 0.5) is 0 Å². The molecule has 0 amide bonds. The Labute approximate surface area is 137 Å². The molecule has 0 aliphatic carbocycles. The monoisotopic (exact) mass is 316 g/mol.